The molecule has 0 spiro atoms. The maximum Gasteiger partial charge on any atom is 0.208 e. The lowest BCUT2D eigenvalue weighted by molar-refractivity contribution is 0.0988. The summed E-state index contributed by atoms with van der Waals surface area (Å²) in [5, 5.41) is 11.7. The van der Waals surface area contributed by atoms with Crippen molar-refractivity contribution in [3.8, 4) is 17.1 Å². The third-order valence-corrected chi connectivity index (χ3v) is 6.79. The highest BCUT2D eigenvalue weighted by atomic mass is 32.1. The number of anilines is 4. The Morgan fingerprint density at radius 3 is 2.73 bits per heavy atom. The number of hydrogen-bond donors (Lipinski definition) is 2. The monoisotopic (exact) mass is 519 g/mol. The molecule has 0 aliphatic carbocycles. The number of pyridine rings is 1. The molecule has 0 unspecified atom stereocenters. The van der Waals surface area contributed by atoms with Gasteiger partial charge in [0.1, 0.15) is 12.1 Å². The zero-order valence-corrected chi connectivity index (χ0v) is 21.9. The molecule has 0 radical (unpaired) electrons. The van der Waals surface area contributed by atoms with Gasteiger partial charge in [-0.25, -0.2) is 15.0 Å². The number of nitrogens with one attached hydrogen (secondary N) is 2. The fourth-order valence-corrected chi connectivity index (χ4v) is 4.89. The van der Waals surface area contributed by atoms with Crippen LogP contribution in [0.2, 0.25) is 0 Å². The lowest BCUT2D eigenvalue weighted by atomic mass is 10.1. The van der Waals surface area contributed by atoms with Crippen molar-refractivity contribution in [3.05, 3.63) is 48.2 Å². The number of carbonyl (C=O) groups is 1. The molecule has 11 nitrogen and oxygen atoms in total. The van der Waals surface area contributed by atoms with E-state index in [4.69, 9.17) is 4.74 Å². The van der Waals surface area contributed by atoms with Gasteiger partial charge in [0.25, 0.3) is 0 Å². The van der Waals surface area contributed by atoms with E-state index in [0.717, 1.165) is 31.0 Å². The third kappa shape index (κ3) is 5.59. The van der Waals surface area contributed by atoms with Crippen molar-refractivity contribution in [1.29, 1.82) is 0 Å². The van der Waals surface area contributed by atoms with Crippen LogP contribution in [0, 0.1) is 0 Å². The molecule has 12 heteroatoms. The smallest absolute Gasteiger partial charge is 0.208 e. The quantitative estimate of drug-likeness (QED) is 0.291. The standard InChI is InChI=1S/C25H29N9O2S/c1-4-20(35)17-13-26-21(29-25-30-22(32-37-25)14-34-10-5-6-11-34)12-19(17)28-18-9-7-8-16(23(18)36-3)24-27-15-33(2)31-24/h7-9,12-13,15H,4-6,10-11,14H2,1-3H3,(H2,26,28,29,30,32). The summed E-state index contributed by atoms with van der Waals surface area (Å²) >= 11 is 1.30. The van der Waals surface area contributed by atoms with E-state index in [-0.39, 0.29) is 5.78 Å². The van der Waals surface area contributed by atoms with E-state index in [9.17, 15) is 4.79 Å². The second-order valence-electron chi connectivity index (χ2n) is 8.77. The predicted octanol–water partition coefficient (Wildman–Crippen LogP) is 4.41. The summed E-state index contributed by atoms with van der Waals surface area (Å²) in [6, 6.07) is 7.47. The number of methoxy groups -OCH3 is 1. The Morgan fingerprint density at radius 2 is 2.00 bits per heavy atom. The molecule has 4 aromatic rings. The molecule has 37 heavy (non-hydrogen) atoms. The number of benzene rings is 1. The summed E-state index contributed by atoms with van der Waals surface area (Å²) in [5.41, 5.74) is 2.51. The SMILES string of the molecule is CCC(=O)c1cnc(Nc2nc(CN3CCCC3)ns2)cc1Nc1cccc(-c2ncn(C)n2)c1OC. The minimum Gasteiger partial charge on any atom is -0.494 e. The average Bonchev–Trinajstić information content (AvgIpc) is 3.67. The maximum atomic E-state index is 12.7. The topological polar surface area (TPSA) is 123 Å². The molecule has 1 fully saturated rings. The van der Waals surface area contributed by atoms with Crippen LogP contribution in [0.3, 0.4) is 0 Å². The highest BCUT2D eigenvalue weighted by Crippen LogP contribution is 2.37. The van der Waals surface area contributed by atoms with Crippen molar-refractivity contribution >= 4 is 39.6 Å². The Labute approximate surface area is 219 Å². The summed E-state index contributed by atoms with van der Waals surface area (Å²) < 4.78 is 11.9. The van der Waals surface area contributed by atoms with Gasteiger partial charge in [-0.1, -0.05) is 13.0 Å². The van der Waals surface area contributed by atoms with Crippen LogP contribution in [-0.4, -0.2) is 60.0 Å². The van der Waals surface area contributed by atoms with Gasteiger partial charge >= 0.3 is 0 Å². The molecule has 0 bridgehead atoms. The summed E-state index contributed by atoms with van der Waals surface area (Å²) in [4.78, 5) is 28.5. The minimum absolute atomic E-state index is 0.0214. The highest BCUT2D eigenvalue weighted by Gasteiger charge is 2.19. The van der Waals surface area contributed by atoms with Crippen molar-refractivity contribution in [2.75, 3.05) is 30.8 Å². The number of ether oxygens (including phenoxy) is 1. The Bertz CT molecular complexity index is 1390. The Hall–Kier alpha value is -3.90. The lowest BCUT2D eigenvalue weighted by Crippen LogP contribution is -2.19. The van der Waals surface area contributed by atoms with E-state index >= 15 is 0 Å². The molecule has 1 aliphatic heterocycles. The van der Waals surface area contributed by atoms with Crippen molar-refractivity contribution in [2.45, 2.75) is 32.7 Å². The van der Waals surface area contributed by atoms with Gasteiger partial charge in [-0.05, 0) is 38.1 Å². The molecule has 0 saturated carbocycles. The number of rotatable bonds is 10. The van der Waals surface area contributed by atoms with Gasteiger partial charge in [0, 0.05) is 37.3 Å². The Morgan fingerprint density at radius 1 is 1.16 bits per heavy atom. The van der Waals surface area contributed by atoms with Gasteiger partial charge in [-0.15, -0.1) is 0 Å². The fourth-order valence-electron chi connectivity index (χ4n) is 4.30. The number of likely N-dealkylation sites (tertiary alicyclic amines) is 1. The highest BCUT2D eigenvalue weighted by molar-refractivity contribution is 7.09. The Balaban J connectivity index is 1.42. The van der Waals surface area contributed by atoms with E-state index in [2.05, 4.69) is 40.0 Å². The normalized spacial score (nSPS) is 13.6. The third-order valence-electron chi connectivity index (χ3n) is 6.12. The molecule has 192 valence electrons. The lowest BCUT2D eigenvalue weighted by Gasteiger charge is -2.16. The molecule has 0 atom stereocenters. The van der Waals surface area contributed by atoms with Gasteiger partial charge in [0.2, 0.25) is 5.13 Å². The van der Waals surface area contributed by atoms with Crippen molar-refractivity contribution in [3.63, 3.8) is 0 Å². The molecule has 4 heterocycles. The zero-order chi connectivity index (χ0) is 25.8. The van der Waals surface area contributed by atoms with Crippen molar-refractivity contribution < 1.29 is 9.53 Å². The van der Waals surface area contributed by atoms with E-state index in [0.29, 0.717) is 45.9 Å². The largest absolute Gasteiger partial charge is 0.494 e. The summed E-state index contributed by atoms with van der Waals surface area (Å²) in [6.07, 6.45) is 6.03. The van der Waals surface area contributed by atoms with Crippen molar-refractivity contribution in [1.82, 2.24) is 34.0 Å². The summed E-state index contributed by atoms with van der Waals surface area (Å²) in [7, 11) is 3.41. The van der Waals surface area contributed by atoms with Crippen LogP contribution in [-0.2, 0) is 13.6 Å². The molecule has 2 N–H and O–H groups in total. The number of aromatic nitrogens is 6. The number of para-hydroxylation sites is 1. The molecule has 1 saturated heterocycles. The first-order chi connectivity index (χ1) is 18.0. The van der Waals surface area contributed by atoms with Crippen LogP contribution in [0.5, 0.6) is 5.75 Å². The molecule has 1 aromatic carbocycles. The van der Waals surface area contributed by atoms with Crippen LogP contribution in [0.15, 0.2) is 36.8 Å². The van der Waals surface area contributed by atoms with Gasteiger partial charge in [0.05, 0.1) is 36.2 Å². The average molecular weight is 520 g/mol. The molecule has 1 aliphatic rings. The van der Waals surface area contributed by atoms with Gasteiger partial charge < -0.3 is 15.4 Å². The van der Waals surface area contributed by atoms with E-state index in [1.165, 1.54) is 24.4 Å². The van der Waals surface area contributed by atoms with Crippen molar-refractivity contribution in [2.24, 2.45) is 7.05 Å². The first-order valence-electron chi connectivity index (χ1n) is 12.2. The second-order valence-corrected chi connectivity index (χ2v) is 9.52. The molecule has 0 amide bonds. The Kier molecular flexibility index (Phi) is 7.37. The number of carbonyl (C=O) groups excluding carboxylic acids is 1. The van der Waals surface area contributed by atoms with E-state index < -0.39 is 0 Å². The zero-order valence-electron chi connectivity index (χ0n) is 21.1. The molecular weight excluding hydrogens is 490 g/mol. The second kappa shape index (κ2) is 11.0. The van der Waals surface area contributed by atoms with E-state index in [1.807, 2.05) is 32.2 Å². The number of nitrogens with zero attached hydrogens (tertiary/aromatic N) is 7. The molecule has 3 aromatic heterocycles. The number of aryl methyl sites for hydroxylation is 1. The predicted molar refractivity (Wildman–Crippen MR) is 143 cm³/mol. The van der Waals surface area contributed by atoms with Crippen LogP contribution in [0.1, 0.15) is 42.4 Å². The van der Waals surface area contributed by atoms with Gasteiger partial charge in [-0.2, -0.15) is 9.47 Å². The van der Waals surface area contributed by atoms with E-state index in [1.54, 1.807) is 30.4 Å². The number of ketones is 1. The maximum absolute atomic E-state index is 12.7. The summed E-state index contributed by atoms with van der Waals surface area (Å²) in [6.45, 7) is 4.76. The van der Waals surface area contributed by atoms with Gasteiger partial charge in [-0.3, -0.25) is 14.4 Å². The number of hydrogen-bond acceptors (Lipinski definition) is 11. The first-order valence-corrected chi connectivity index (χ1v) is 13.0. The minimum atomic E-state index is -0.0214. The fraction of sp³-hybridized carbons (Fsp3) is 0.360. The van der Waals surface area contributed by atoms with Crippen LogP contribution in [0.25, 0.3) is 11.4 Å². The van der Waals surface area contributed by atoms with Crippen LogP contribution >= 0.6 is 11.5 Å². The van der Waals surface area contributed by atoms with Crippen LogP contribution in [0.4, 0.5) is 22.3 Å². The first kappa shape index (κ1) is 24.8. The van der Waals surface area contributed by atoms with Crippen LogP contribution < -0.4 is 15.4 Å². The number of Topliss-reactive ketones (excluding diaryl/α,β-unsaturated/α-hetero) is 1. The molecule has 5 rings (SSSR count). The molecular formula is C25H29N9O2S. The van der Waals surface area contributed by atoms with Gasteiger partial charge in [0.15, 0.2) is 23.2 Å². The summed E-state index contributed by atoms with van der Waals surface area (Å²) in [5.74, 6) is 2.46.